The van der Waals surface area contributed by atoms with E-state index in [9.17, 15) is 13.2 Å². The molecule has 0 saturated heterocycles. The Balaban J connectivity index is 1.47. The number of carbonyl (C=O) groups is 1. The first kappa shape index (κ1) is 20.6. The van der Waals surface area contributed by atoms with Crippen LogP contribution in [0.25, 0.3) is 0 Å². The average molecular weight is 441 g/mol. The zero-order chi connectivity index (χ0) is 21.3. The lowest BCUT2D eigenvalue weighted by atomic mass is 10.1. The molecule has 154 valence electrons. The van der Waals surface area contributed by atoms with Crippen molar-refractivity contribution in [3.05, 3.63) is 94.5 Å². The number of hydrogen-bond acceptors (Lipinski definition) is 3. The van der Waals surface area contributed by atoms with E-state index < -0.39 is 10.0 Å². The summed E-state index contributed by atoms with van der Waals surface area (Å²) in [7, 11) is -2.10. The van der Waals surface area contributed by atoms with Crippen LogP contribution in [0.1, 0.15) is 21.5 Å². The number of carbonyl (C=O) groups excluding carboxylic acids is 1. The molecule has 1 amide bonds. The predicted octanol–water partition coefficient (Wildman–Crippen LogP) is 4.36. The number of hydrogen-bond donors (Lipinski definition) is 0. The minimum atomic E-state index is -3.63. The molecule has 5 nitrogen and oxygen atoms in total. The summed E-state index contributed by atoms with van der Waals surface area (Å²) in [6.45, 7) is 0.869. The van der Waals surface area contributed by atoms with Crippen LogP contribution in [-0.4, -0.2) is 32.2 Å². The fraction of sp³-hybridized carbons (Fsp3) is 0.174. The van der Waals surface area contributed by atoms with Gasteiger partial charge in [0.1, 0.15) is 0 Å². The van der Waals surface area contributed by atoms with Crippen LogP contribution in [0.2, 0.25) is 5.02 Å². The Bertz CT molecular complexity index is 1180. The largest absolute Gasteiger partial charge is 0.308 e. The molecule has 30 heavy (non-hydrogen) atoms. The molecular formula is C23H21ClN2O3S. The van der Waals surface area contributed by atoms with Crippen molar-refractivity contribution < 1.29 is 13.2 Å². The highest BCUT2D eigenvalue weighted by Gasteiger charge is 2.25. The van der Waals surface area contributed by atoms with E-state index in [1.165, 1.54) is 29.0 Å². The van der Waals surface area contributed by atoms with E-state index >= 15 is 0 Å². The SMILES string of the molecule is CN(Cc1ccc(C(=O)N2CCc3ccccc32)cc1)S(=O)(=O)c1ccc(Cl)cc1. The van der Waals surface area contributed by atoms with Crippen molar-refractivity contribution in [2.75, 3.05) is 18.5 Å². The summed E-state index contributed by atoms with van der Waals surface area (Å²) in [5, 5.41) is 0.484. The summed E-state index contributed by atoms with van der Waals surface area (Å²) in [5.41, 5.74) is 3.52. The Morgan fingerprint density at radius 2 is 1.67 bits per heavy atom. The van der Waals surface area contributed by atoms with E-state index in [0.29, 0.717) is 17.1 Å². The van der Waals surface area contributed by atoms with Crippen molar-refractivity contribution in [3.8, 4) is 0 Å². The molecule has 0 N–H and O–H groups in total. The molecule has 0 fully saturated rings. The van der Waals surface area contributed by atoms with E-state index in [2.05, 4.69) is 0 Å². The number of anilines is 1. The highest BCUT2D eigenvalue weighted by atomic mass is 35.5. The molecular weight excluding hydrogens is 420 g/mol. The van der Waals surface area contributed by atoms with Crippen molar-refractivity contribution in [3.63, 3.8) is 0 Å². The second-order valence-corrected chi connectivity index (χ2v) is 9.73. The standard InChI is InChI=1S/C23H21ClN2O3S/c1-25(30(28,29)21-12-10-20(24)11-13-21)16-17-6-8-19(9-7-17)23(27)26-15-14-18-4-2-3-5-22(18)26/h2-13H,14-16H2,1H3. The van der Waals surface area contributed by atoms with Gasteiger partial charge in [0.15, 0.2) is 0 Å². The van der Waals surface area contributed by atoms with Gasteiger partial charge < -0.3 is 4.90 Å². The molecule has 0 saturated carbocycles. The average Bonchev–Trinajstić information content (AvgIpc) is 3.18. The number of halogens is 1. The molecule has 7 heteroatoms. The molecule has 1 aliphatic heterocycles. The molecule has 4 rings (SSSR count). The monoisotopic (exact) mass is 440 g/mol. The van der Waals surface area contributed by atoms with Crippen LogP contribution in [0.15, 0.2) is 77.7 Å². The number of rotatable bonds is 5. The number of sulfonamides is 1. The third-order valence-corrected chi connectivity index (χ3v) is 7.33. The maximum atomic E-state index is 12.9. The van der Waals surface area contributed by atoms with E-state index in [0.717, 1.165) is 17.7 Å². The topological polar surface area (TPSA) is 57.7 Å². The lowest BCUT2D eigenvalue weighted by Gasteiger charge is -2.19. The maximum absolute atomic E-state index is 12.9. The third kappa shape index (κ3) is 3.99. The number of para-hydroxylation sites is 1. The van der Waals surface area contributed by atoms with Gasteiger partial charge >= 0.3 is 0 Å². The minimum Gasteiger partial charge on any atom is -0.308 e. The second-order valence-electron chi connectivity index (χ2n) is 7.25. The lowest BCUT2D eigenvalue weighted by Crippen LogP contribution is -2.29. The number of nitrogens with zero attached hydrogens (tertiary/aromatic N) is 2. The van der Waals surface area contributed by atoms with E-state index in [1.54, 1.807) is 41.3 Å². The van der Waals surface area contributed by atoms with Crippen LogP contribution in [0.5, 0.6) is 0 Å². The second kappa shape index (κ2) is 8.22. The summed E-state index contributed by atoms with van der Waals surface area (Å²) in [4.78, 5) is 14.9. The molecule has 0 aromatic heterocycles. The molecule has 0 unspecified atom stereocenters. The molecule has 3 aromatic rings. The fourth-order valence-corrected chi connectivity index (χ4v) is 4.87. The summed E-state index contributed by atoms with van der Waals surface area (Å²) in [6, 6.07) is 21.1. The summed E-state index contributed by atoms with van der Waals surface area (Å²) < 4.78 is 26.8. The lowest BCUT2D eigenvalue weighted by molar-refractivity contribution is 0.0989. The van der Waals surface area contributed by atoms with Crippen molar-refractivity contribution in [1.82, 2.24) is 4.31 Å². The quantitative estimate of drug-likeness (QED) is 0.592. The predicted molar refractivity (Wildman–Crippen MR) is 118 cm³/mol. The fourth-order valence-electron chi connectivity index (χ4n) is 3.59. The Labute approximate surface area is 181 Å². The molecule has 0 bridgehead atoms. The van der Waals surface area contributed by atoms with Crippen LogP contribution < -0.4 is 4.90 Å². The summed E-state index contributed by atoms with van der Waals surface area (Å²) in [6.07, 6.45) is 0.855. The van der Waals surface area contributed by atoms with Gasteiger partial charge in [0.05, 0.1) is 4.90 Å². The van der Waals surface area contributed by atoms with Gasteiger partial charge in [-0.2, -0.15) is 4.31 Å². The van der Waals surface area contributed by atoms with Crippen molar-refractivity contribution >= 4 is 33.2 Å². The Kier molecular flexibility index (Phi) is 5.64. The van der Waals surface area contributed by atoms with Crippen LogP contribution in [0.3, 0.4) is 0 Å². The number of amides is 1. The Hall–Kier alpha value is -2.67. The highest BCUT2D eigenvalue weighted by molar-refractivity contribution is 7.89. The van der Waals surface area contributed by atoms with Gasteiger partial charge in [-0.25, -0.2) is 8.42 Å². The highest BCUT2D eigenvalue weighted by Crippen LogP contribution is 2.29. The van der Waals surface area contributed by atoms with Crippen LogP contribution in [0.4, 0.5) is 5.69 Å². The zero-order valence-corrected chi connectivity index (χ0v) is 18.0. The summed E-state index contributed by atoms with van der Waals surface area (Å²) >= 11 is 5.85. The summed E-state index contributed by atoms with van der Waals surface area (Å²) in [5.74, 6) is -0.0476. The molecule has 3 aromatic carbocycles. The van der Waals surface area contributed by atoms with Crippen LogP contribution in [-0.2, 0) is 23.0 Å². The third-order valence-electron chi connectivity index (χ3n) is 5.26. The van der Waals surface area contributed by atoms with Gasteiger partial charge in [-0.1, -0.05) is 41.9 Å². The number of benzene rings is 3. The van der Waals surface area contributed by atoms with Crippen LogP contribution in [0, 0.1) is 0 Å². The van der Waals surface area contributed by atoms with Gasteiger partial charge in [-0.05, 0) is 60.0 Å². The van der Waals surface area contributed by atoms with Gasteiger partial charge in [0.2, 0.25) is 10.0 Å². The first-order chi connectivity index (χ1) is 14.4. The van der Waals surface area contributed by atoms with Crippen molar-refractivity contribution in [1.29, 1.82) is 0 Å². The smallest absolute Gasteiger partial charge is 0.258 e. The van der Waals surface area contributed by atoms with E-state index in [4.69, 9.17) is 11.6 Å². The van der Waals surface area contributed by atoms with Gasteiger partial charge in [0, 0.05) is 36.4 Å². The molecule has 1 aliphatic rings. The van der Waals surface area contributed by atoms with E-state index in [1.807, 2.05) is 24.3 Å². The van der Waals surface area contributed by atoms with Crippen molar-refractivity contribution in [2.45, 2.75) is 17.9 Å². The van der Waals surface area contributed by atoms with Crippen molar-refractivity contribution in [2.24, 2.45) is 0 Å². The Morgan fingerprint density at radius 3 is 2.37 bits per heavy atom. The normalized spacial score (nSPS) is 13.5. The molecule has 0 radical (unpaired) electrons. The Morgan fingerprint density at radius 1 is 1.00 bits per heavy atom. The van der Waals surface area contributed by atoms with Gasteiger partial charge in [0.25, 0.3) is 5.91 Å². The van der Waals surface area contributed by atoms with Gasteiger partial charge in [-0.15, -0.1) is 0 Å². The van der Waals surface area contributed by atoms with E-state index in [-0.39, 0.29) is 17.3 Å². The van der Waals surface area contributed by atoms with Gasteiger partial charge in [-0.3, -0.25) is 4.79 Å². The first-order valence-corrected chi connectivity index (χ1v) is 11.4. The minimum absolute atomic E-state index is 0.0476. The molecule has 1 heterocycles. The zero-order valence-electron chi connectivity index (χ0n) is 16.5. The first-order valence-electron chi connectivity index (χ1n) is 9.57. The molecule has 0 atom stereocenters. The van der Waals surface area contributed by atoms with Crippen LogP contribution >= 0.6 is 11.6 Å². The molecule has 0 spiro atoms. The molecule has 0 aliphatic carbocycles. The number of fused-ring (bicyclic) bond motifs is 1. The maximum Gasteiger partial charge on any atom is 0.258 e.